The van der Waals surface area contributed by atoms with Gasteiger partial charge in [0.15, 0.2) is 5.82 Å². The summed E-state index contributed by atoms with van der Waals surface area (Å²) in [7, 11) is 2.17. The van der Waals surface area contributed by atoms with Gasteiger partial charge in [0, 0.05) is 37.6 Å². The van der Waals surface area contributed by atoms with Gasteiger partial charge in [-0.1, -0.05) is 0 Å². The lowest BCUT2D eigenvalue weighted by Gasteiger charge is -2.36. The van der Waals surface area contributed by atoms with E-state index in [4.69, 9.17) is 0 Å². The van der Waals surface area contributed by atoms with Crippen molar-refractivity contribution in [1.29, 1.82) is 0 Å². The smallest absolute Gasteiger partial charge is 0.154 e. The Morgan fingerprint density at radius 2 is 2.05 bits per heavy atom. The van der Waals surface area contributed by atoms with E-state index < -0.39 is 0 Å². The largest absolute Gasteiger partial charge is 0.355 e. The molecule has 2 saturated heterocycles. The first-order chi connectivity index (χ1) is 9.31. The summed E-state index contributed by atoms with van der Waals surface area (Å²) in [6.07, 6.45) is 10.7. The molecular weight excluding hydrogens is 238 g/mol. The van der Waals surface area contributed by atoms with Gasteiger partial charge in [0.2, 0.25) is 0 Å². The van der Waals surface area contributed by atoms with Crippen molar-refractivity contribution in [1.82, 2.24) is 19.9 Å². The minimum absolute atomic E-state index is 0.590. The molecule has 4 heterocycles. The van der Waals surface area contributed by atoms with Crippen molar-refractivity contribution < 1.29 is 0 Å². The van der Waals surface area contributed by atoms with Crippen LogP contribution in [0, 0.1) is 0 Å². The number of hydrogen-bond donors (Lipinski definition) is 1. The van der Waals surface area contributed by atoms with Gasteiger partial charge < -0.3 is 10.2 Å². The average molecular weight is 257 g/mol. The molecule has 0 aromatic carbocycles. The van der Waals surface area contributed by atoms with Gasteiger partial charge in [-0.15, -0.1) is 0 Å². The Labute approximate surface area is 112 Å². The van der Waals surface area contributed by atoms with Gasteiger partial charge in [0.25, 0.3) is 0 Å². The Balaban J connectivity index is 1.66. The molecule has 2 bridgehead atoms. The number of nitrogens with one attached hydrogen (secondary N) is 1. The number of nitrogens with zero attached hydrogens (tertiary/aromatic N) is 4. The van der Waals surface area contributed by atoms with Crippen LogP contribution in [-0.2, 0) is 0 Å². The zero-order valence-electron chi connectivity index (χ0n) is 11.2. The second-order valence-electron chi connectivity index (χ2n) is 5.79. The third-order valence-corrected chi connectivity index (χ3v) is 4.63. The van der Waals surface area contributed by atoms with Gasteiger partial charge in [-0.25, -0.2) is 9.50 Å². The van der Waals surface area contributed by atoms with Gasteiger partial charge in [0.05, 0.1) is 6.20 Å². The summed E-state index contributed by atoms with van der Waals surface area (Å²) < 4.78 is 1.90. The highest BCUT2D eigenvalue weighted by atomic mass is 15.3. The first kappa shape index (κ1) is 11.2. The predicted molar refractivity (Wildman–Crippen MR) is 74.4 cm³/mol. The molecule has 2 aliphatic rings. The van der Waals surface area contributed by atoms with Crippen LogP contribution in [0.25, 0.3) is 5.52 Å². The molecule has 5 heteroatoms. The minimum atomic E-state index is 0.590. The molecule has 1 N–H and O–H groups in total. The van der Waals surface area contributed by atoms with E-state index in [2.05, 4.69) is 27.3 Å². The number of piperidine rings is 1. The van der Waals surface area contributed by atoms with Crippen molar-refractivity contribution in [3.63, 3.8) is 0 Å². The SMILES string of the molecule is CN(c1nccn2nccc12)C1CC2CCC(C1)N2. The second-order valence-corrected chi connectivity index (χ2v) is 5.79. The summed E-state index contributed by atoms with van der Waals surface area (Å²) in [4.78, 5) is 6.92. The van der Waals surface area contributed by atoms with E-state index in [0.29, 0.717) is 18.1 Å². The molecule has 5 nitrogen and oxygen atoms in total. The molecule has 2 atom stereocenters. The van der Waals surface area contributed by atoms with E-state index >= 15 is 0 Å². The standard InChI is InChI=1S/C14H19N5/c1-18(12-8-10-2-3-11(9-12)17-10)14-13-4-5-16-19(13)7-6-15-14/h4-7,10-12,17H,2-3,8-9H2,1H3. The first-order valence-corrected chi connectivity index (χ1v) is 7.08. The Bertz CT molecular complexity index is 580. The fraction of sp³-hybridized carbons (Fsp3) is 0.571. The molecule has 0 aliphatic carbocycles. The lowest BCUT2D eigenvalue weighted by Crippen LogP contribution is -2.47. The molecule has 2 aromatic heterocycles. The minimum Gasteiger partial charge on any atom is -0.355 e. The number of rotatable bonds is 2. The van der Waals surface area contributed by atoms with E-state index in [1.807, 2.05) is 29.2 Å². The zero-order valence-corrected chi connectivity index (χ0v) is 11.2. The Hall–Kier alpha value is -1.62. The van der Waals surface area contributed by atoms with Gasteiger partial charge in [0.1, 0.15) is 5.52 Å². The van der Waals surface area contributed by atoms with Crippen molar-refractivity contribution in [3.8, 4) is 0 Å². The van der Waals surface area contributed by atoms with Crippen LogP contribution < -0.4 is 10.2 Å². The Morgan fingerprint density at radius 3 is 2.84 bits per heavy atom. The van der Waals surface area contributed by atoms with E-state index in [-0.39, 0.29) is 0 Å². The van der Waals surface area contributed by atoms with Crippen LogP contribution in [0.1, 0.15) is 25.7 Å². The molecule has 19 heavy (non-hydrogen) atoms. The Morgan fingerprint density at radius 1 is 1.26 bits per heavy atom. The molecular formula is C14H19N5. The summed E-state index contributed by atoms with van der Waals surface area (Å²) >= 11 is 0. The van der Waals surface area contributed by atoms with E-state index in [9.17, 15) is 0 Å². The lowest BCUT2D eigenvalue weighted by atomic mass is 9.98. The topological polar surface area (TPSA) is 45.5 Å². The Kier molecular flexibility index (Phi) is 2.48. The lowest BCUT2D eigenvalue weighted by molar-refractivity contribution is 0.354. The molecule has 2 unspecified atom stereocenters. The zero-order chi connectivity index (χ0) is 12.8. The summed E-state index contributed by atoms with van der Waals surface area (Å²) in [5.41, 5.74) is 1.09. The van der Waals surface area contributed by atoms with E-state index in [1.54, 1.807) is 0 Å². The van der Waals surface area contributed by atoms with Crippen LogP contribution >= 0.6 is 0 Å². The van der Waals surface area contributed by atoms with Crippen molar-refractivity contribution >= 4 is 11.3 Å². The van der Waals surface area contributed by atoms with Crippen LogP contribution in [-0.4, -0.2) is 39.8 Å². The monoisotopic (exact) mass is 257 g/mol. The molecule has 2 aromatic rings. The molecule has 0 amide bonds. The molecule has 100 valence electrons. The fourth-order valence-electron chi connectivity index (χ4n) is 3.63. The molecule has 0 saturated carbocycles. The van der Waals surface area contributed by atoms with Crippen LogP contribution in [0.3, 0.4) is 0 Å². The van der Waals surface area contributed by atoms with Gasteiger partial charge in [-0.2, -0.15) is 5.10 Å². The van der Waals surface area contributed by atoms with Crippen LogP contribution in [0.15, 0.2) is 24.7 Å². The first-order valence-electron chi connectivity index (χ1n) is 7.08. The molecule has 4 rings (SSSR count). The summed E-state index contributed by atoms with van der Waals surface area (Å²) in [6.45, 7) is 0. The van der Waals surface area contributed by atoms with Crippen molar-refractivity contribution in [2.24, 2.45) is 0 Å². The van der Waals surface area contributed by atoms with Crippen LogP contribution in [0.5, 0.6) is 0 Å². The molecule has 2 aliphatic heterocycles. The average Bonchev–Trinajstić information content (AvgIpc) is 3.04. The normalized spacial score (nSPS) is 29.8. The third-order valence-electron chi connectivity index (χ3n) is 4.63. The quantitative estimate of drug-likeness (QED) is 0.884. The maximum absolute atomic E-state index is 4.57. The molecule has 0 spiro atoms. The number of hydrogen-bond acceptors (Lipinski definition) is 4. The maximum atomic E-state index is 4.57. The predicted octanol–water partition coefficient (Wildman–Crippen LogP) is 1.45. The number of anilines is 1. The number of fused-ring (bicyclic) bond motifs is 3. The summed E-state index contributed by atoms with van der Waals surface area (Å²) in [5.74, 6) is 1.05. The van der Waals surface area contributed by atoms with E-state index in [1.165, 1.54) is 25.7 Å². The fourth-order valence-corrected chi connectivity index (χ4v) is 3.63. The highest BCUT2D eigenvalue weighted by molar-refractivity contribution is 5.68. The summed E-state index contributed by atoms with van der Waals surface area (Å²) in [5, 5.41) is 7.98. The summed E-state index contributed by atoms with van der Waals surface area (Å²) in [6, 6.07) is 4.04. The third kappa shape index (κ3) is 1.80. The number of aromatic nitrogens is 3. The maximum Gasteiger partial charge on any atom is 0.154 e. The van der Waals surface area contributed by atoms with Gasteiger partial charge in [-0.3, -0.25) is 0 Å². The van der Waals surface area contributed by atoms with E-state index in [0.717, 1.165) is 11.3 Å². The van der Waals surface area contributed by atoms with Crippen molar-refractivity contribution in [3.05, 3.63) is 24.7 Å². The van der Waals surface area contributed by atoms with Crippen LogP contribution in [0.4, 0.5) is 5.82 Å². The second kappa shape index (κ2) is 4.20. The van der Waals surface area contributed by atoms with Crippen molar-refractivity contribution in [2.75, 3.05) is 11.9 Å². The van der Waals surface area contributed by atoms with Crippen molar-refractivity contribution in [2.45, 2.75) is 43.8 Å². The van der Waals surface area contributed by atoms with Gasteiger partial charge >= 0.3 is 0 Å². The molecule has 2 fully saturated rings. The van der Waals surface area contributed by atoms with Gasteiger partial charge in [-0.05, 0) is 31.7 Å². The highest BCUT2D eigenvalue weighted by Gasteiger charge is 2.35. The van der Waals surface area contributed by atoms with Crippen LogP contribution in [0.2, 0.25) is 0 Å². The molecule has 0 radical (unpaired) electrons. The highest BCUT2D eigenvalue weighted by Crippen LogP contribution is 2.31.